The number of amides is 2. The van der Waals surface area contributed by atoms with Gasteiger partial charge in [-0.25, -0.2) is 0 Å². The zero-order valence-electron chi connectivity index (χ0n) is 15.2. The second-order valence-electron chi connectivity index (χ2n) is 5.97. The highest BCUT2D eigenvalue weighted by Gasteiger charge is 2.06. The van der Waals surface area contributed by atoms with Gasteiger partial charge in [-0.05, 0) is 46.7 Å². The number of hydrazine groups is 1. The van der Waals surface area contributed by atoms with E-state index in [9.17, 15) is 9.59 Å². The predicted molar refractivity (Wildman–Crippen MR) is 111 cm³/mol. The van der Waals surface area contributed by atoms with E-state index in [0.717, 1.165) is 16.3 Å². The molecule has 0 aliphatic carbocycles. The monoisotopic (exact) mass is 372 g/mol. The Hall–Kier alpha value is -3.86. The maximum atomic E-state index is 12.1. The first-order chi connectivity index (χ1) is 13.7. The molecule has 3 aromatic carbocycles. The topological polar surface area (TPSA) is 67.4 Å². The van der Waals surface area contributed by atoms with Crippen LogP contribution in [0.4, 0.5) is 0 Å². The van der Waals surface area contributed by atoms with Crippen LogP contribution in [0.25, 0.3) is 16.8 Å². The molecule has 0 atom stereocenters. The largest absolute Gasteiger partial charge is 0.490 e. The van der Waals surface area contributed by atoms with Crippen LogP contribution in [0.15, 0.2) is 85.5 Å². The molecule has 140 valence electrons. The lowest BCUT2D eigenvalue weighted by molar-refractivity contribution is -0.117. The van der Waals surface area contributed by atoms with Crippen LogP contribution < -0.4 is 15.6 Å². The van der Waals surface area contributed by atoms with Crippen LogP contribution in [0, 0.1) is 0 Å². The van der Waals surface area contributed by atoms with Crippen LogP contribution in [0.5, 0.6) is 5.75 Å². The predicted octanol–water partition coefficient (Wildman–Crippen LogP) is 3.88. The van der Waals surface area contributed by atoms with E-state index in [0.29, 0.717) is 17.9 Å². The van der Waals surface area contributed by atoms with Gasteiger partial charge in [-0.15, -0.1) is 0 Å². The van der Waals surface area contributed by atoms with Crippen molar-refractivity contribution < 1.29 is 14.3 Å². The molecule has 0 heterocycles. The summed E-state index contributed by atoms with van der Waals surface area (Å²) in [4.78, 5) is 24.1. The number of hydrogen-bond donors (Lipinski definition) is 2. The van der Waals surface area contributed by atoms with Gasteiger partial charge < -0.3 is 4.74 Å². The quantitative estimate of drug-likeness (QED) is 0.392. The molecular weight excluding hydrogens is 352 g/mol. The molecule has 0 unspecified atom stereocenters. The van der Waals surface area contributed by atoms with Gasteiger partial charge in [0.25, 0.3) is 11.8 Å². The van der Waals surface area contributed by atoms with Gasteiger partial charge >= 0.3 is 0 Å². The Morgan fingerprint density at radius 3 is 2.46 bits per heavy atom. The Labute approximate surface area is 163 Å². The van der Waals surface area contributed by atoms with Gasteiger partial charge in [0, 0.05) is 11.6 Å². The first kappa shape index (κ1) is 18.9. The van der Waals surface area contributed by atoms with Gasteiger partial charge in [-0.1, -0.05) is 55.1 Å². The molecule has 0 saturated heterocycles. The van der Waals surface area contributed by atoms with Crippen LogP contribution >= 0.6 is 0 Å². The number of carbonyl (C=O) groups is 2. The minimum Gasteiger partial charge on any atom is -0.490 e. The summed E-state index contributed by atoms with van der Waals surface area (Å²) < 4.78 is 5.36. The molecule has 3 aromatic rings. The average Bonchev–Trinajstić information content (AvgIpc) is 2.74. The number of fused-ring (bicyclic) bond motifs is 1. The molecule has 0 aromatic heterocycles. The van der Waals surface area contributed by atoms with Crippen LogP contribution in [0.1, 0.15) is 15.9 Å². The third-order valence-electron chi connectivity index (χ3n) is 4.02. The van der Waals surface area contributed by atoms with Crippen molar-refractivity contribution >= 4 is 28.7 Å². The van der Waals surface area contributed by atoms with Gasteiger partial charge in [0.15, 0.2) is 0 Å². The molecule has 0 bridgehead atoms. The van der Waals surface area contributed by atoms with Crippen molar-refractivity contribution in [3.63, 3.8) is 0 Å². The third-order valence-corrected chi connectivity index (χ3v) is 4.02. The van der Waals surface area contributed by atoms with Gasteiger partial charge in [0.05, 0.1) is 0 Å². The Balaban J connectivity index is 1.57. The van der Waals surface area contributed by atoms with Crippen molar-refractivity contribution in [3.8, 4) is 5.75 Å². The molecule has 3 rings (SSSR count). The number of hydrogen-bond acceptors (Lipinski definition) is 3. The molecule has 2 N–H and O–H groups in total. The number of ether oxygens (including phenoxy) is 1. The molecule has 0 aliphatic rings. The fourth-order valence-electron chi connectivity index (χ4n) is 2.65. The van der Waals surface area contributed by atoms with Crippen molar-refractivity contribution in [2.45, 2.75) is 0 Å². The SMILES string of the molecule is C=CCOc1ccc(C(=O)NNC(=O)C=Cc2cccc3ccccc23)cc1. The van der Waals surface area contributed by atoms with E-state index < -0.39 is 11.8 Å². The van der Waals surface area contributed by atoms with Crippen LogP contribution in [0.3, 0.4) is 0 Å². The Morgan fingerprint density at radius 2 is 1.68 bits per heavy atom. The maximum Gasteiger partial charge on any atom is 0.269 e. The van der Waals surface area contributed by atoms with E-state index in [2.05, 4.69) is 17.4 Å². The van der Waals surface area contributed by atoms with Crippen molar-refractivity contribution in [2.75, 3.05) is 6.61 Å². The molecule has 28 heavy (non-hydrogen) atoms. The number of rotatable bonds is 6. The summed E-state index contributed by atoms with van der Waals surface area (Å²) in [5.41, 5.74) is 6.10. The van der Waals surface area contributed by atoms with Crippen LogP contribution in [-0.4, -0.2) is 18.4 Å². The minimum absolute atomic E-state index is 0.393. The van der Waals surface area contributed by atoms with Crippen molar-refractivity contribution in [1.82, 2.24) is 10.9 Å². The minimum atomic E-state index is -0.424. The molecule has 0 saturated carbocycles. The van der Waals surface area contributed by atoms with Gasteiger partial charge in [0.1, 0.15) is 12.4 Å². The highest BCUT2D eigenvalue weighted by atomic mass is 16.5. The summed E-state index contributed by atoms with van der Waals surface area (Å²) in [7, 11) is 0. The lowest BCUT2D eigenvalue weighted by atomic mass is 10.0. The first-order valence-electron chi connectivity index (χ1n) is 8.77. The molecule has 2 amide bonds. The molecule has 0 radical (unpaired) electrons. The molecule has 0 spiro atoms. The van der Waals surface area contributed by atoms with Crippen LogP contribution in [0.2, 0.25) is 0 Å². The van der Waals surface area contributed by atoms with E-state index >= 15 is 0 Å². The summed E-state index contributed by atoms with van der Waals surface area (Å²) in [6, 6.07) is 20.4. The highest BCUT2D eigenvalue weighted by Crippen LogP contribution is 2.19. The molecular formula is C23H20N2O3. The second kappa shape index (κ2) is 9.19. The number of carbonyl (C=O) groups excluding carboxylic acids is 2. The molecule has 5 nitrogen and oxygen atoms in total. The number of nitrogens with one attached hydrogen (secondary N) is 2. The standard InChI is InChI=1S/C23H20N2O3/c1-2-16-28-20-13-10-19(11-14-20)23(27)25-24-22(26)15-12-18-8-5-7-17-6-3-4-9-21(17)18/h2-15H,1,16H2,(H,24,26)(H,25,27). The first-order valence-corrected chi connectivity index (χ1v) is 8.77. The number of benzene rings is 3. The van der Waals surface area contributed by atoms with E-state index in [1.165, 1.54) is 6.08 Å². The summed E-state index contributed by atoms with van der Waals surface area (Å²) in [6.07, 6.45) is 4.74. The maximum absolute atomic E-state index is 12.1. The van der Waals surface area contributed by atoms with Gasteiger partial charge in [-0.3, -0.25) is 20.4 Å². The summed E-state index contributed by atoms with van der Waals surface area (Å²) in [6.45, 7) is 3.97. The Kier molecular flexibility index (Phi) is 6.21. The lowest BCUT2D eigenvalue weighted by Crippen LogP contribution is -2.40. The van der Waals surface area contributed by atoms with E-state index in [-0.39, 0.29) is 0 Å². The third kappa shape index (κ3) is 4.86. The fourth-order valence-corrected chi connectivity index (χ4v) is 2.65. The lowest BCUT2D eigenvalue weighted by Gasteiger charge is -2.07. The van der Waals surface area contributed by atoms with Crippen molar-refractivity contribution in [1.29, 1.82) is 0 Å². The van der Waals surface area contributed by atoms with Crippen molar-refractivity contribution in [2.24, 2.45) is 0 Å². The Bertz CT molecular complexity index is 1020. The highest BCUT2D eigenvalue weighted by molar-refractivity contribution is 5.99. The Morgan fingerprint density at radius 1 is 0.929 bits per heavy atom. The summed E-state index contributed by atoms with van der Waals surface area (Å²) in [5, 5.41) is 2.15. The zero-order chi connectivity index (χ0) is 19.8. The smallest absolute Gasteiger partial charge is 0.269 e. The average molecular weight is 372 g/mol. The van der Waals surface area contributed by atoms with E-state index in [1.807, 2.05) is 42.5 Å². The van der Waals surface area contributed by atoms with Gasteiger partial charge in [-0.2, -0.15) is 0 Å². The van der Waals surface area contributed by atoms with E-state index in [4.69, 9.17) is 4.74 Å². The van der Waals surface area contributed by atoms with Crippen LogP contribution in [-0.2, 0) is 4.79 Å². The second-order valence-corrected chi connectivity index (χ2v) is 5.97. The fraction of sp³-hybridized carbons (Fsp3) is 0.0435. The molecule has 0 fully saturated rings. The zero-order valence-corrected chi connectivity index (χ0v) is 15.2. The van der Waals surface area contributed by atoms with Crippen molar-refractivity contribution in [3.05, 3.63) is 96.6 Å². The molecule has 0 aliphatic heterocycles. The van der Waals surface area contributed by atoms with Gasteiger partial charge in [0.2, 0.25) is 0 Å². The van der Waals surface area contributed by atoms with E-state index in [1.54, 1.807) is 36.4 Å². The molecule has 5 heteroatoms. The summed E-state index contributed by atoms with van der Waals surface area (Å²) >= 11 is 0. The summed E-state index contributed by atoms with van der Waals surface area (Å²) in [5.74, 6) is -0.201. The normalized spacial score (nSPS) is 10.6.